The van der Waals surface area contributed by atoms with E-state index in [4.69, 9.17) is 4.74 Å². The van der Waals surface area contributed by atoms with Crippen LogP contribution >= 0.6 is 23.5 Å². The summed E-state index contributed by atoms with van der Waals surface area (Å²) in [5, 5.41) is 0.531. The van der Waals surface area contributed by atoms with Crippen LogP contribution < -0.4 is 4.74 Å². The normalized spacial score (nSPS) is 22.8. The fourth-order valence-corrected chi connectivity index (χ4v) is 5.33. The van der Waals surface area contributed by atoms with E-state index in [2.05, 4.69) is 6.92 Å². The van der Waals surface area contributed by atoms with Gasteiger partial charge in [-0.2, -0.15) is 11.8 Å². The van der Waals surface area contributed by atoms with Crippen LogP contribution in [0.5, 0.6) is 5.75 Å². The number of ketones is 1. The van der Waals surface area contributed by atoms with E-state index in [1.807, 2.05) is 61.6 Å². The Hall–Kier alpha value is -0.610. The van der Waals surface area contributed by atoms with E-state index in [0.717, 1.165) is 29.2 Å². The van der Waals surface area contributed by atoms with Crippen molar-refractivity contribution in [1.29, 1.82) is 0 Å². The average molecular weight is 310 g/mol. The Kier molecular flexibility index (Phi) is 5.85. The van der Waals surface area contributed by atoms with Crippen molar-refractivity contribution in [3.63, 3.8) is 0 Å². The molecule has 0 saturated carbocycles. The van der Waals surface area contributed by atoms with Crippen LogP contribution in [0.3, 0.4) is 0 Å². The molecular formula is C16H22O2S2. The summed E-state index contributed by atoms with van der Waals surface area (Å²) >= 11 is 3.74. The fourth-order valence-electron chi connectivity index (χ4n) is 2.30. The summed E-state index contributed by atoms with van der Waals surface area (Å²) in [6, 6.07) is 7.61. The predicted molar refractivity (Wildman–Crippen MR) is 89.3 cm³/mol. The highest BCUT2D eigenvalue weighted by atomic mass is 32.2. The van der Waals surface area contributed by atoms with Crippen LogP contribution in [0.4, 0.5) is 0 Å². The third kappa shape index (κ3) is 3.95. The maximum absolute atomic E-state index is 12.7. The van der Waals surface area contributed by atoms with Crippen LogP contribution in [0.2, 0.25) is 0 Å². The van der Waals surface area contributed by atoms with Gasteiger partial charge in [-0.05, 0) is 32.4 Å². The summed E-state index contributed by atoms with van der Waals surface area (Å²) < 4.78 is 5.68. The first-order valence-electron chi connectivity index (χ1n) is 7.16. The van der Waals surface area contributed by atoms with E-state index in [-0.39, 0.29) is 17.1 Å². The molecule has 1 fully saturated rings. The van der Waals surface area contributed by atoms with Crippen LogP contribution in [-0.4, -0.2) is 33.9 Å². The van der Waals surface area contributed by atoms with E-state index in [1.165, 1.54) is 0 Å². The van der Waals surface area contributed by atoms with Crippen LogP contribution in [0.25, 0.3) is 0 Å². The number of carbonyl (C=O) groups excluding carboxylic acids is 1. The van der Waals surface area contributed by atoms with Crippen molar-refractivity contribution in [3.05, 3.63) is 29.8 Å². The summed E-state index contributed by atoms with van der Waals surface area (Å²) in [5.41, 5.74) is 0.779. The molecule has 2 rings (SSSR count). The van der Waals surface area contributed by atoms with Crippen molar-refractivity contribution in [2.24, 2.45) is 0 Å². The Morgan fingerprint density at radius 2 is 2.10 bits per heavy atom. The molecule has 2 nitrogen and oxygen atoms in total. The summed E-state index contributed by atoms with van der Waals surface area (Å²) in [6.45, 7) is 6.16. The minimum Gasteiger partial charge on any atom is -0.491 e. The number of hydrogen-bond donors (Lipinski definition) is 0. The molecule has 1 heterocycles. The van der Waals surface area contributed by atoms with E-state index in [1.54, 1.807) is 0 Å². The van der Waals surface area contributed by atoms with E-state index in [9.17, 15) is 4.79 Å². The third-order valence-corrected chi connectivity index (χ3v) is 6.45. The van der Waals surface area contributed by atoms with E-state index < -0.39 is 0 Å². The minimum absolute atomic E-state index is 0.0908. The van der Waals surface area contributed by atoms with Gasteiger partial charge in [0.25, 0.3) is 0 Å². The highest BCUT2D eigenvalue weighted by molar-refractivity contribution is 8.07. The van der Waals surface area contributed by atoms with Crippen LogP contribution in [0.15, 0.2) is 24.3 Å². The first-order valence-corrected chi connectivity index (χ1v) is 9.25. The number of benzene rings is 1. The Morgan fingerprint density at radius 1 is 1.35 bits per heavy atom. The second-order valence-electron chi connectivity index (χ2n) is 5.17. The maximum atomic E-state index is 12.7. The Morgan fingerprint density at radius 3 is 2.80 bits per heavy atom. The molecular weight excluding hydrogens is 288 g/mol. The lowest BCUT2D eigenvalue weighted by molar-refractivity contribution is 0.0987. The van der Waals surface area contributed by atoms with Crippen LogP contribution in [-0.2, 0) is 0 Å². The highest BCUT2D eigenvalue weighted by Crippen LogP contribution is 2.35. The number of Topliss-reactive ketones (excluding diaryl/α,β-unsaturated/α-hetero) is 1. The monoisotopic (exact) mass is 310 g/mol. The molecule has 0 aliphatic carbocycles. The Labute approximate surface area is 130 Å². The summed E-state index contributed by atoms with van der Waals surface area (Å²) in [5.74, 6) is 3.26. The zero-order valence-corrected chi connectivity index (χ0v) is 13.9. The molecule has 2 unspecified atom stereocenters. The highest BCUT2D eigenvalue weighted by Gasteiger charge is 2.31. The molecule has 0 radical (unpaired) electrons. The van der Waals surface area contributed by atoms with Crippen molar-refractivity contribution in [3.8, 4) is 5.75 Å². The van der Waals surface area contributed by atoms with Crippen LogP contribution in [0, 0.1) is 0 Å². The molecule has 0 aromatic heterocycles. The van der Waals surface area contributed by atoms with Gasteiger partial charge in [-0.1, -0.05) is 19.1 Å². The standard InChI is InChI=1S/C16H22O2S2/c1-4-14-16(20-9-8-19-14)15(17)12-6-5-7-13(10-12)18-11(2)3/h5-7,10-11,14,16H,4,8-9H2,1-3H3. The number of rotatable bonds is 5. The summed E-state index contributed by atoms with van der Waals surface area (Å²) in [6.07, 6.45) is 1.18. The quantitative estimate of drug-likeness (QED) is 0.758. The molecule has 1 aliphatic heterocycles. The van der Waals surface area contributed by atoms with Gasteiger partial charge in [0, 0.05) is 22.3 Å². The molecule has 0 bridgehead atoms. The average Bonchev–Trinajstić information content (AvgIpc) is 2.46. The number of hydrogen-bond acceptors (Lipinski definition) is 4. The molecule has 2 atom stereocenters. The van der Waals surface area contributed by atoms with Crippen LogP contribution in [0.1, 0.15) is 37.6 Å². The summed E-state index contributed by atoms with van der Waals surface area (Å²) in [4.78, 5) is 12.7. The molecule has 110 valence electrons. The molecule has 1 aliphatic rings. The van der Waals surface area contributed by atoms with Gasteiger partial charge < -0.3 is 4.74 Å². The predicted octanol–water partition coefficient (Wildman–Crippen LogP) is 4.28. The first-order chi connectivity index (χ1) is 9.61. The number of thioether (sulfide) groups is 2. The molecule has 0 N–H and O–H groups in total. The zero-order valence-electron chi connectivity index (χ0n) is 12.3. The fraction of sp³-hybridized carbons (Fsp3) is 0.562. The maximum Gasteiger partial charge on any atom is 0.177 e. The third-order valence-electron chi connectivity index (χ3n) is 3.20. The lowest BCUT2D eigenvalue weighted by atomic mass is 10.0. The van der Waals surface area contributed by atoms with Crippen molar-refractivity contribution < 1.29 is 9.53 Å². The van der Waals surface area contributed by atoms with E-state index >= 15 is 0 Å². The SMILES string of the molecule is CCC1SCCSC1C(=O)c1cccc(OC(C)C)c1. The van der Waals surface area contributed by atoms with Gasteiger partial charge >= 0.3 is 0 Å². The van der Waals surface area contributed by atoms with Gasteiger partial charge in [0.15, 0.2) is 5.78 Å². The molecule has 20 heavy (non-hydrogen) atoms. The molecule has 4 heteroatoms. The molecule has 1 saturated heterocycles. The number of ether oxygens (including phenoxy) is 1. The van der Waals surface area contributed by atoms with Crippen molar-refractivity contribution >= 4 is 29.3 Å². The second-order valence-corrected chi connectivity index (χ2v) is 7.76. The van der Waals surface area contributed by atoms with Crippen molar-refractivity contribution in [2.45, 2.75) is 43.8 Å². The topological polar surface area (TPSA) is 26.3 Å². The smallest absolute Gasteiger partial charge is 0.177 e. The Bertz CT molecular complexity index is 460. The van der Waals surface area contributed by atoms with Gasteiger partial charge in [0.05, 0.1) is 11.4 Å². The second kappa shape index (κ2) is 7.41. The first kappa shape index (κ1) is 15.8. The molecule has 1 aromatic carbocycles. The van der Waals surface area contributed by atoms with Gasteiger partial charge in [0.2, 0.25) is 0 Å². The number of carbonyl (C=O) groups is 1. The molecule has 0 spiro atoms. The van der Waals surface area contributed by atoms with Crippen molar-refractivity contribution in [2.75, 3.05) is 11.5 Å². The molecule has 1 aromatic rings. The van der Waals surface area contributed by atoms with E-state index in [0.29, 0.717) is 5.25 Å². The lowest BCUT2D eigenvalue weighted by Crippen LogP contribution is -2.32. The minimum atomic E-state index is 0.0908. The lowest BCUT2D eigenvalue weighted by Gasteiger charge is -2.28. The zero-order chi connectivity index (χ0) is 14.5. The van der Waals surface area contributed by atoms with Gasteiger partial charge in [-0.3, -0.25) is 4.79 Å². The molecule has 0 amide bonds. The van der Waals surface area contributed by atoms with Gasteiger partial charge in [-0.25, -0.2) is 0 Å². The Balaban J connectivity index is 2.15. The largest absolute Gasteiger partial charge is 0.491 e. The van der Waals surface area contributed by atoms with Crippen molar-refractivity contribution in [1.82, 2.24) is 0 Å². The van der Waals surface area contributed by atoms with Gasteiger partial charge in [0.1, 0.15) is 5.75 Å². The van der Waals surface area contributed by atoms with Gasteiger partial charge in [-0.15, -0.1) is 11.8 Å². The summed E-state index contributed by atoms with van der Waals surface area (Å²) in [7, 11) is 0.